The average molecular weight is 630 g/mol. The van der Waals surface area contributed by atoms with Crippen molar-refractivity contribution in [2.24, 2.45) is 0 Å². The van der Waals surface area contributed by atoms with E-state index in [2.05, 4.69) is 12.2 Å². The van der Waals surface area contributed by atoms with Crippen LogP contribution in [-0.2, 0) is 4.79 Å². The molecule has 0 aromatic heterocycles. The van der Waals surface area contributed by atoms with Crippen molar-refractivity contribution >= 4 is 40.9 Å². The minimum atomic E-state index is -1.64. The minimum Gasteiger partial charge on any atom is -0.493 e. The zero-order valence-electron chi connectivity index (χ0n) is 26.0. The fraction of sp³-hybridized carbons (Fsp3) is 0.543. The van der Waals surface area contributed by atoms with Gasteiger partial charge in [-0.15, -0.1) is 11.6 Å². The second-order valence-corrected chi connectivity index (χ2v) is 11.7. The van der Waals surface area contributed by atoms with Gasteiger partial charge in [0.2, 0.25) is 5.91 Å². The summed E-state index contributed by atoms with van der Waals surface area (Å²) in [5.41, 5.74) is -0.598. The Hall–Kier alpha value is -3.39. The lowest BCUT2D eigenvalue weighted by atomic mass is 10.0. The Bertz CT molecular complexity index is 1170. The van der Waals surface area contributed by atoms with E-state index < -0.39 is 29.0 Å². The van der Waals surface area contributed by atoms with Gasteiger partial charge in [-0.05, 0) is 36.8 Å². The Morgan fingerprint density at radius 1 is 0.705 bits per heavy atom. The van der Waals surface area contributed by atoms with E-state index in [0.29, 0.717) is 12.4 Å². The maximum atomic E-state index is 13.1. The normalized spacial score (nSPS) is 11.6. The number of aromatic carboxylic acids is 2. The van der Waals surface area contributed by atoms with Crippen LogP contribution < -0.4 is 10.1 Å². The summed E-state index contributed by atoms with van der Waals surface area (Å²) >= 11 is 6.20. The summed E-state index contributed by atoms with van der Waals surface area (Å²) in [6.07, 6.45) is 20.4. The van der Waals surface area contributed by atoms with Gasteiger partial charge in [0.1, 0.15) is 5.75 Å². The number of hydrogen-bond donors (Lipinski definition) is 3. The van der Waals surface area contributed by atoms with Gasteiger partial charge < -0.3 is 20.3 Å². The Kier molecular flexibility index (Phi) is 17.8. The highest BCUT2D eigenvalue weighted by atomic mass is 35.5. The number of para-hydroxylation sites is 1. The fourth-order valence-corrected chi connectivity index (χ4v) is 5.21. The molecule has 1 atom stereocenters. The van der Waals surface area contributed by atoms with Gasteiger partial charge in [-0.2, -0.15) is 0 Å². The number of carboxylic acid groups (broad SMARTS) is 2. The number of benzene rings is 2. The number of alkyl halides is 1. The molecule has 0 aliphatic carbocycles. The number of nitrogens with one attached hydrogen (secondary N) is 1. The highest BCUT2D eigenvalue weighted by Crippen LogP contribution is 2.24. The van der Waals surface area contributed by atoms with E-state index in [4.69, 9.17) is 16.3 Å². The molecular formula is C35H48ClNO7. The molecule has 2 rings (SSSR count). The van der Waals surface area contributed by atoms with E-state index in [-0.39, 0.29) is 22.4 Å². The van der Waals surface area contributed by atoms with E-state index in [1.165, 1.54) is 89.5 Å². The Morgan fingerprint density at radius 3 is 1.64 bits per heavy atom. The van der Waals surface area contributed by atoms with Crippen molar-refractivity contribution in [1.29, 1.82) is 0 Å². The predicted molar refractivity (Wildman–Crippen MR) is 174 cm³/mol. The topological polar surface area (TPSA) is 130 Å². The molecular weight excluding hydrogens is 582 g/mol. The third-order valence-electron chi connectivity index (χ3n) is 7.56. The van der Waals surface area contributed by atoms with Gasteiger partial charge in [0, 0.05) is 5.69 Å². The minimum absolute atomic E-state index is 0.0983. The lowest BCUT2D eigenvalue weighted by Crippen LogP contribution is -2.31. The molecule has 0 bridgehead atoms. The molecule has 44 heavy (non-hydrogen) atoms. The number of hydrogen-bond acceptors (Lipinski definition) is 5. The van der Waals surface area contributed by atoms with Crippen LogP contribution >= 0.6 is 11.6 Å². The standard InChI is InChI=1S/C35H48ClNO7/c1-2-3-4-5-6-7-8-9-10-11-12-13-14-15-16-19-22-44-30-21-18-17-20-29(30)32(38)31(36)33(39)37-28-24-26(34(40)41)23-27(25-28)35(42)43/h17-18,20-21,23-25,31H,2-16,19,22H2,1H3,(H,37,39)(H,40,41)(H,42,43)/t31-/m1/s1. The number of ether oxygens (including phenoxy) is 1. The van der Waals surface area contributed by atoms with E-state index >= 15 is 0 Å². The molecule has 0 aliphatic rings. The largest absolute Gasteiger partial charge is 0.493 e. The molecule has 3 N–H and O–H groups in total. The van der Waals surface area contributed by atoms with Crippen LogP contribution in [0, 0.1) is 0 Å². The summed E-state index contributed by atoms with van der Waals surface area (Å²) < 4.78 is 5.87. The zero-order valence-corrected chi connectivity index (χ0v) is 26.7. The quantitative estimate of drug-likeness (QED) is 0.0457. The van der Waals surface area contributed by atoms with E-state index in [9.17, 15) is 29.4 Å². The van der Waals surface area contributed by atoms with Crippen molar-refractivity contribution in [2.75, 3.05) is 11.9 Å². The molecule has 0 aliphatic heterocycles. The molecule has 9 heteroatoms. The molecule has 0 radical (unpaired) electrons. The summed E-state index contributed by atoms with van der Waals surface area (Å²) in [5, 5.41) is 19.2. The summed E-state index contributed by atoms with van der Waals surface area (Å²) in [6, 6.07) is 9.71. The predicted octanol–water partition coefficient (Wildman–Crippen LogP) is 9.15. The van der Waals surface area contributed by atoms with Crippen molar-refractivity contribution in [3.8, 4) is 5.75 Å². The number of rotatable bonds is 24. The first-order valence-corrected chi connectivity index (χ1v) is 16.5. The Morgan fingerprint density at radius 2 is 1.16 bits per heavy atom. The van der Waals surface area contributed by atoms with Crippen LogP contribution in [0.4, 0.5) is 5.69 Å². The number of carboxylic acids is 2. The van der Waals surface area contributed by atoms with Crippen molar-refractivity contribution in [3.63, 3.8) is 0 Å². The fourth-order valence-electron chi connectivity index (χ4n) is 5.04. The van der Waals surface area contributed by atoms with Gasteiger partial charge in [-0.1, -0.05) is 115 Å². The monoisotopic (exact) mass is 629 g/mol. The van der Waals surface area contributed by atoms with E-state index in [1.54, 1.807) is 18.2 Å². The van der Waals surface area contributed by atoms with Crippen LogP contribution in [0.5, 0.6) is 5.75 Å². The Labute approximate surface area is 266 Å². The average Bonchev–Trinajstić information content (AvgIpc) is 3.01. The molecule has 2 aromatic rings. The molecule has 242 valence electrons. The second kappa shape index (κ2) is 21.3. The van der Waals surface area contributed by atoms with Crippen molar-refractivity contribution < 1.29 is 34.1 Å². The van der Waals surface area contributed by atoms with Crippen LogP contribution in [0.15, 0.2) is 42.5 Å². The van der Waals surface area contributed by atoms with Gasteiger partial charge in [0.25, 0.3) is 0 Å². The van der Waals surface area contributed by atoms with Gasteiger partial charge in [-0.3, -0.25) is 9.59 Å². The molecule has 0 fully saturated rings. The van der Waals surface area contributed by atoms with Gasteiger partial charge in [0.05, 0.1) is 23.3 Å². The van der Waals surface area contributed by atoms with Crippen molar-refractivity contribution in [3.05, 3.63) is 59.2 Å². The number of anilines is 1. The van der Waals surface area contributed by atoms with Crippen LogP contribution in [0.2, 0.25) is 0 Å². The van der Waals surface area contributed by atoms with Gasteiger partial charge in [0.15, 0.2) is 11.2 Å². The van der Waals surface area contributed by atoms with Crippen LogP contribution in [0.1, 0.15) is 141 Å². The lowest BCUT2D eigenvalue weighted by molar-refractivity contribution is -0.115. The zero-order chi connectivity index (χ0) is 32.2. The molecule has 0 heterocycles. The number of unbranched alkanes of at least 4 members (excludes halogenated alkanes) is 15. The van der Waals surface area contributed by atoms with Crippen molar-refractivity contribution in [2.45, 2.75) is 115 Å². The van der Waals surface area contributed by atoms with E-state index in [1.807, 2.05) is 0 Å². The first-order chi connectivity index (χ1) is 21.2. The third-order valence-corrected chi connectivity index (χ3v) is 7.96. The first kappa shape index (κ1) is 36.8. The maximum Gasteiger partial charge on any atom is 0.335 e. The molecule has 0 spiro atoms. The summed E-state index contributed by atoms with van der Waals surface area (Å²) in [4.78, 5) is 48.5. The number of amides is 1. The summed E-state index contributed by atoms with van der Waals surface area (Å²) in [6.45, 7) is 2.69. The molecule has 8 nitrogen and oxygen atoms in total. The number of ketones is 1. The van der Waals surface area contributed by atoms with Crippen LogP contribution in [0.3, 0.4) is 0 Å². The van der Waals surface area contributed by atoms with E-state index in [0.717, 1.165) is 37.5 Å². The van der Waals surface area contributed by atoms with Crippen molar-refractivity contribution in [1.82, 2.24) is 0 Å². The van der Waals surface area contributed by atoms with Crippen LogP contribution in [-0.4, -0.2) is 45.8 Å². The SMILES string of the molecule is CCCCCCCCCCCCCCCCCCOc1ccccc1C(=O)[C@@H](Cl)C(=O)Nc1cc(C(=O)O)cc(C(=O)O)c1. The van der Waals surface area contributed by atoms with Gasteiger partial charge in [-0.25, -0.2) is 9.59 Å². The number of carbonyl (C=O) groups is 4. The molecule has 2 aromatic carbocycles. The maximum absolute atomic E-state index is 13.1. The number of Topliss-reactive ketones (excluding diaryl/α,β-unsaturated/α-hetero) is 1. The summed E-state index contributed by atoms with van der Waals surface area (Å²) in [5.74, 6) is -3.99. The highest BCUT2D eigenvalue weighted by Gasteiger charge is 2.28. The molecule has 0 unspecified atom stereocenters. The number of carbonyl (C=O) groups excluding carboxylic acids is 2. The van der Waals surface area contributed by atoms with Crippen LogP contribution in [0.25, 0.3) is 0 Å². The summed E-state index contributed by atoms with van der Waals surface area (Å²) in [7, 11) is 0. The first-order valence-electron chi connectivity index (χ1n) is 16.1. The van der Waals surface area contributed by atoms with Gasteiger partial charge >= 0.3 is 11.9 Å². The smallest absolute Gasteiger partial charge is 0.335 e. The molecule has 0 saturated heterocycles. The second-order valence-electron chi connectivity index (χ2n) is 11.3. The lowest BCUT2D eigenvalue weighted by Gasteiger charge is -2.14. The molecule has 0 saturated carbocycles. The molecule has 1 amide bonds. The Balaban J connectivity index is 1.69. The number of halogens is 1. The highest BCUT2D eigenvalue weighted by molar-refractivity contribution is 6.45. The third kappa shape index (κ3) is 13.9.